The number of hydroxylamine groups is 2. The van der Waals surface area contributed by atoms with Gasteiger partial charge in [-0.3, -0.25) is 4.68 Å². The number of nitrogens with zero attached hydrogens (tertiary/aromatic N) is 3. The molecule has 1 N–H and O–H groups in total. The summed E-state index contributed by atoms with van der Waals surface area (Å²) in [5.41, 5.74) is 1.98. The lowest BCUT2D eigenvalue weighted by atomic mass is 10.4. The van der Waals surface area contributed by atoms with Crippen LogP contribution < -0.4 is 0 Å². The van der Waals surface area contributed by atoms with Gasteiger partial charge in [0, 0.05) is 19.8 Å². The zero-order valence-corrected chi connectivity index (χ0v) is 7.07. The lowest BCUT2D eigenvalue weighted by Gasteiger charge is -2.03. The van der Waals surface area contributed by atoms with Crippen LogP contribution in [0.2, 0.25) is 0 Å². The standard InChI is InChI=1S/C7H13N3O/c1-6-4-7(5-9(2)11)8-10(6)3/h4,11H,5H2,1-3H3. The second-order valence-electron chi connectivity index (χ2n) is 2.72. The van der Waals surface area contributed by atoms with E-state index in [0.717, 1.165) is 16.5 Å². The second kappa shape index (κ2) is 3.02. The third-order valence-corrected chi connectivity index (χ3v) is 1.56. The van der Waals surface area contributed by atoms with Gasteiger partial charge < -0.3 is 5.21 Å². The summed E-state index contributed by atoms with van der Waals surface area (Å²) in [6.45, 7) is 2.45. The van der Waals surface area contributed by atoms with Gasteiger partial charge in [-0.15, -0.1) is 0 Å². The minimum atomic E-state index is 0.474. The molecule has 1 aromatic heterocycles. The molecule has 1 aromatic rings. The molecule has 0 aliphatic rings. The van der Waals surface area contributed by atoms with E-state index in [1.54, 1.807) is 11.7 Å². The highest BCUT2D eigenvalue weighted by Gasteiger charge is 2.01. The molecule has 0 unspecified atom stereocenters. The molecule has 1 heterocycles. The van der Waals surface area contributed by atoms with Gasteiger partial charge in [-0.1, -0.05) is 0 Å². The van der Waals surface area contributed by atoms with Crippen molar-refractivity contribution in [2.75, 3.05) is 7.05 Å². The topological polar surface area (TPSA) is 41.3 Å². The van der Waals surface area contributed by atoms with Crippen molar-refractivity contribution in [2.24, 2.45) is 7.05 Å². The monoisotopic (exact) mass is 155 g/mol. The van der Waals surface area contributed by atoms with Crippen molar-refractivity contribution in [2.45, 2.75) is 13.5 Å². The smallest absolute Gasteiger partial charge is 0.0791 e. The molecule has 0 amide bonds. The number of hydrogen-bond donors (Lipinski definition) is 1. The summed E-state index contributed by atoms with van der Waals surface area (Å²) < 4.78 is 1.79. The average molecular weight is 155 g/mol. The first-order chi connectivity index (χ1) is 5.09. The molecule has 4 nitrogen and oxygen atoms in total. The molecule has 0 bridgehead atoms. The van der Waals surface area contributed by atoms with Gasteiger partial charge in [-0.25, -0.2) is 0 Å². The zero-order valence-electron chi connectivity index (χ0n) is 7.07. The molecule has 4 heteroatoms. The maximum absolute atomic E-state index is 8.89. The van der Waals surface area contributed by atoms with Crippen molar-refractivity contribution in [1.29, 1.82) is 0 Å². The summed E-state index contributed by atoms with van der Waals surface area (Å²) in [5.74, 6) is 0. The largest absolute Gasteiger partial charge is 0.314 e. The average Bonchev–Trinajstić information content (AvgIpc) is 2.10. The predicted molar refractivity (Wildman–Crippen MR) is 41.2 cm³/mol. The molecule has 0 saturated carbocycles. The van der Waals surface area contributed by atoms with Crippen LogP contribution in [0.15, 0.2) is 6.07 Å². The van der Waals surface area contributed by atoms with E-state index < -0.39 is 0 Å². The van der Waals surface area contributed by atoms with Crippen molar-refractivity contribution in [1.82, 2.24) is 14.8 Å². The summed E-state index contributed by atoms with van der Waals surface area (Å²) in [6.07, 6.45) is 0. The Morgan fingerprint density at radius 3 is 2.73 bits per heavy atom. The molecule has 62 valence electrons. The van der Waals surface area contributed by atoms with Gasteiger partial charge in [0.2, 0.25) is 0 Å². The van der Waals surface area contributed by atoms with Crippen LogP contribution in [0.1, 0.15) is 11.4 Å². The molecule has 0 aromatic carbocycles. The van der Waals surface area contributed by atoms with E-state index in [9.17, 15) is 0 Å². The number of aromatic nitrogens is 2. The SMILES string of the molecule is Cc1cc(CN(C)O)nn1C. The molecule has 0 fully saturated rings. The Morgan fingerprint density at radius 1 is 1.73 bits per heavy atom. The number of rotatable bonds is 2. The summed E-state index contributed by atoms with van der Waals surface area (Å²) in [6, 6.07) is 1.95. The second-order valence-corrected chi connectivity index (χ2v) is 2.72. The van der Waals surface area contributed by atoms with Crippen LogP contribution in [0.5, 0.6) is 0 Å². The molecule has 0 atom stereocenters. The summed E-state index contributed by atoms with van der Waals surface area (Å²) in [7, 11) is 3.49. The van der Waals surface area contributed by atoms with Crippen molar-refractivity contribution in [3.8, 4) is 0 Å². The Morgan fingerprint density at radius 2 is 2.36 bits per heavy atom. The van der Waals surface area contributed by atoms with Gasteiger partial charge in [0.1, 0.15) is 0 Å². The van der Waals surface area contributed by atoms with E-state index in [0.29, 0.717) is 6.54 Å². The zero-order chi connectivity index (χ0) is 8.43. The van der Waals surface area contributed by atoms with Crippen molar-refractivity contribution in [3.63, 3.8) is 0 Å². The summed E-state index contributed by atoms with van der Waals surface area (Å²) in [4.78, 5) is 0. The van der Waals surface area contributed by atoms with Gasteiger partial charge in [0.05, 0.1) is 12.2 Å². The van der Waals surface area contributed by atoms with Crippen molar-refractivity contribution >= 4 is 0 Å². The lowest BCUT2D eigenvalue weighted by molar-refractivity contribution is -0.0741. The highest BCUT2D eigenvalue weighted by molar-refractivity contribution is 5.07. The molecule has 0 aliphatic heterocycles. The minimum Gasteiger partial charge on any atom is -0.314 e. The molecule has 0 aliphatic carbocycles. The van der Waals surface area contributed by atoms with E-state index >= 15 is 0 Å². The maximum atomic E-state index is 8.89. The normalized spacial score (nSPS) is 11.0. The van der Waals surface area contributed by atoms with Crippen molar-refractivity contribution in [3.05, 3.63) is 17.5 Å². The van der Waals surface area contributed by atoms with E-state index in [1.807, 2.05) is 20.0 Å². The van der Waals surface area contributed by atoms with Crippen LogP contribution in [-0.4, -0.2) is 27.1 Å². The number of aryl methyl sites for hydroxylation is 2. The molecule has 1 rings (SSSR count). The highest BCUT2D eigenvalue weighted by atomic mass is 16.5. The molecule has 0 saturated heterocycles. The lowest BCUT2D eigenvalue weighted by Crippen LogP contribution is -2.12. The van der Waals surface area contributed by atoms with Crippen LogP contribution in [0.3, 0.4) is 0 Å². The van der Waals surface area contributed by atoms with E-state index in [-0.39, 0.29) is 0 Å². The molecular weight excluding hydrogens is 142 g/mol. The Kier molecular flexibility index (Phi) is 2.26. The van der Waals surface area contributed by atoms with Gasteiger partial charge in [-0.05, 0) is 13.0 Å². The fourth-order valence-corrected chi connectivity index (χ4v) is 0.947. The Labute approximate surface area is 66.0 Å². The van der Waals surface area contributed by atoms with Crippen LogP contribution in [0, 0.1) is 6.92 Å². The fourth-order valence-electron chi connectivity index (χ4n) is 0.947. The Balaban J connectivity index is 2.73. The Hall–Kier alpha value is -0.870. The maximum Gasteiger partial charge on any atom is 0.0791 e. The van der Waals surface area contributed by atoms with E-state index in [4.69, 9.17) is 5.21 Å². The van der Waals surface area contributed by atoms with Crippen LogP contribution in [0.4, 0.5) is 0 Å². The van der Waals surface area contributed by atoms with Crippen LogP contribution in [0.25, 0.3) is 0 Å². The molecular formula is C7H13N3O. The predicted octanol–water partition coefficient (Wildman–Crippen LogP) is 0.550. The van der Waals surface area contributed by atoms with Gasteiger partial charge in [-0.2, -0.15) is 10.2 Å². The van der Waals surface area contributed by atoms with Crippen molar-refractivity contribution < 1.29 is 5.21 Å². The first kappa shape index (κ1) is 8.23. The van der Waals surface area contributed by atoms with Crippen LogP contribution in [-0.2, 0) is 13.6 Å². The first-order valence-electron chi connectivity index (χ1n) is 3.49. The van der Waals surface area contributed by atoms with E-state index in [1.165, 1.54) is 0 Å². The molecule has 0 radical (unpaired) electrons. The number of hydrogen-bond acceptors (Lipinski definition) is 3. The quantitative estimate of drug-likeness (QED) is 0.634. The fraction of sp³-hybridized carbons (Fsp3) is 0.571. The third-order valence-electron chi connectivity index (χ3n) is 1.56. The van der Waals surface area contributed by atoms with Gasteiger partial charge in [0.15, 0.2) is 0 Å². The first-order valence-corrected chi connectivity index (χ1v) is 3.49. The van der Waals surface area contributed by atoms with E-state index in [2.05, 4.69) is 5.10 Å². The summed E-state index contributed by atoms with van der Waals surface area (Å²) >= 11 is 0. The van der Waals surface area contributed by atoms with Crippen LogP contribution >= 0.6 is 0 Å². The molecule has 0 spiro atoms. The Bertz CT molecular complexity index is 222. The van der Waals surface area contributed by atoms with Gasteiger partial charge in [0.25, 0.3) is 0 Å². The minimum absolute atomic E-state index is 0.474. The summed E-state index contributed by atoms with van der Waals surface area (Å²) in [5, 5.41) is 14.2. The van der Waals surface area contributed by atoms with Gasteiger partial charge >= 0.3 is 0 Å². The molecule has 11 heavy (non-hydrogen) atoms. The highest BCUT2D eigenvalue weighted by Crippen LogP contribution is 2.02. The third kappa shape index (κ3) is 2.03.